The van der Waals surface area contributed by atoms with Crippen LogP contribution in [0, 0.1) is 0 Å². The molecular formula is C15H15Cl2N3OS. The van der Waals surface area contributed by atoms with Crippen LogP contribution < -0.4 is 10.6 Å². The van der Waals surface area contributed by atoms with Crippen LogP contribution in [0.3, 0.4) is 0 Å². The van der Waals surface area contributed by atoms with E-state index in [1.54, 1.807) is 24.0 Å². The van der Waals surface area contributed by atoms with Crippen LogP contribution in [0.15, 0.2) is 47.5 Å². The first-order valence-corrected chi connectivity index (χ1v) is 8.38. The van der Waals surface area contributed by atoms with Crippen LogP contribution >= 0.6 is 35.0 Å². The van der Waals surface area contributed by atoms with E-state index in [0.29, 0.717) is 18.2 Å². The van der Waals surface area contributed by atoms with Crippen molar-refractivity contribution < 1.29 is 4.79 Å². The molecule has 116 valence electrons. The highest BCUT2D eigenvalue weighted by Crippen LogP contribution is 2.19. The number of aromatic nitrogens is 1. The fraction of sp³-hybridized carbons (Fsp3) is 0.200. The highest BCUT2D eigenvalue weighted by atomic mass is 35.5. The third-order valence-electron chi connectivity index (χ3n) is 2.71. The lowest BCUT2D eigenvalue weighted by Crippen LogP contribution is -2.36. The number of thioether (sulfide) groups is 1. The Bertz CT molecular complexity index is 605. The van der Waals surface area contributed by atoms with Crippen molar-refractivity contribution in [3.8, 4) is 0 Å². The van der Waals surface area contributed by atoms with Crippen LogP contribution in [0.5, 0.6) is 0 Å². The van der Waals surface area contributed by atoms with Gasteiger partial charge >= 0.3 is 6.03 Å². The van der Waals surface area contributed by atoms with Gasteiger partial charge in [0.25, 0.3) is 0 Å². The van der Waals surface area contributed by atoms with E-state index < -0.39 is 0 Å². The fourth-order valence-electron chi connectivity index (χ4n) is 1.62. The lowest BCUT2D eigenvalue weighted by molar-refractivity contribution is 0.241. The van der Waals surface area contributed by atoms with Crippen LogP contribution in [0.1, 0.15) is 5.56 Å². The molecule has 4 nitrogen and oxygen atoms in total. The zero-order valence-electron chi connectivity index (χ0n) is 11.7. The topological polar surface area (TPSA) is 54.0 Å². The average Bonchev–Trinajstić information content (AvgIpc) is 2.53. The molecule has 2 aromatic rings. The van der Waals surface area contributed by atoms with E-state index in [1.165, 1.54) is 0 Å². The summed E-state index contributed by atoms with van der Waals surface area (Å²) in [5.41, 5.74) is 0.898. The smallest absolute Gasteiger partial charge is 0.315 e. The van der Waals surface area contributed by atoms with E-state index in [9.17, 15) is 4.79 Å². The van der Waals surface area contributed by atoms with E-state index in [-0.39, 0.29) is 6.03 Å². The average molecular weight is 356 g/mol. The molecule has 7 heteroatoms. The van der Waals surface area contributed by atoms with Crippen LogP contribution in [0.4, 0.5) is 4.79 Å². The Morgan fingerprint density at radius 1 is 1.09 bits per heavy atom. The number of rotatable bonds is 6. The second-order valence-corrected chi connectivity index (χ2v) is 6.39. The van der Waals surface area contributed by atoms with E-state index in [1.807, 2.05) is 30.3 Å². The number of hydrogen-bond acceptors (Lipinski definition) is 3. The Kier molecular flexibility index (Phi) is 6.83. The standard InChI is InChI=1S/C15H15Cl2N3OS/c16-12-2-4-13(5-3-12)22-8-7-18-15(21)20-10-11-1-6-14(17)19-9-11/h1-6,9H,7-8,10H2,(H2,18,20,21). The van der Waals surface area contributed by atoms with Gasteiger partial charge in [0.1, 0.15) is 5.15 Å². The second kappa shape index (κ2) is 8.88. The van der Waals surface area contributed by atoms with Gasteiger partial charge in [0.05, 0.1) is 0 Å². The van der Waals surface area contributed by atoms with Crippen molar-refractivity contribution in [2.24, 2.45) is 0 Å². The summed E-state index contributed by atoms with van der Waals surface area (Å²) in [4.78, 5) is 16.7. The molecule has 0 aliphatic carbocycles. The maximum absolute atomic E-state index is 11.6. The number of nitrogens with zero attached hydrogens (tertiary/aromatic N) is 1. The number of halogens is 2. The molecule has 0 atom stereocenters. The molecule has 0 aliphatic heterocycles. The predicted molar refractivity (Wildman–Crippen MR) is 91.7 cm³/mol. The predicted octanol–water partition coefficient (Wildman–Crippen LogP) is 3.98. The molecule has 0 saturated carbocycles. The number of hydrogen-bond donors (Lipinski definition) is 2. The monoisotopic (exact) mass is 355 g/mol. The van der Waals surface area contributed by atoms with Crippen molar-refractivity contribution in [3.05, 3.63) is 58.3 Å². The summed E-state index contributed by atoms with van der Waals surface area (Å²) < 4.78 is 0. The molecule has 2 N–H and O–H groups in total. The Hall–Kier alpha value is -1.43. The van der Waals surface area contributed by atoms with Gasteiger partial charge < -0.3 is 10.6 Å². The molecule has 0 saturated heterocycles. The van der Waals surface area contributed by atoms with Gasteiger partial charge in [-0.3, -0.25) is 0 Å². The van der Waals surface area contributed by atoms with Gasteiger partial charge in [-0.1, -0.05) is 29.3 Å². The first-order chi connectivity index (χ1) is 10.6. The van der Waals surface area contributed by atoms with Crippen molar-refractivity contribution in [1.29, 1.82) is 0 Å². The summed E-state index contributed by atoms with van der Waals surface area (Å²) in [5, 5.41) is 6.73. The molecule has 1 aromatic carbocycles. The zero-order valence-corrected chi connectivity index (χ0v) is 14.0. The quantitative estimate of drug-likeness (QED) is 0.468. The fourth-order valence-corrected chi connectivity index (χ4v) is 2.63. The number of urea groups is 1. The summed E-state index contributed by atoms with van der Waals surface area (Å²) in [6.07, 6.45) is 1.64. The maximum atomic E-state index is 11.6. The Labute approximate surface area is 143 Å². The third-order valence-corrected chi connectivity index (χ3v) is 4.20. The minimum absolute atomic E-state index is 0.202. The number of carbonyl (C=O) groups is 1. The molecule has 0 spiro atoms. The first-order valence-electron chi connectivity index (χ1n) is 6.64. The molecule has 1 aromatic heterocycles. The van der Waals surface area contributed by atoms with E-state index in [2.05, 4.69) is 15.6 Å². The third kappa shape index (κ3) is 6.13. The normalized spacial score (nSPS) is 10.3. The van der Waals surface area contributed by atoms with Gasteiger partial charge in [-0.25, -0.2) is 9.78 Å². The minimum atomic E-state index is -0.202. The van der Waals surface area contributed by atoms with E-state index >= 15 is 0 Å². The van der Waals surface area contributed by atoms with Crippen molar-refractivity contribution in [1.82, 2.24) is 15.6 Å². The van der Waals surface area contributed by atoms with Gasteiger partial charge in [0, 0.05) is 35.0 Å². The van der Waals surface area contributed by atoms with Gasteiger partial charge in [0.15, 0.2) is 0 Å². The molecule has 0 bridgehead atoms. The van der Waals surface area contributed by atoms with E-state index in [4.69, 9.17) is 23.2 Å². The largest absolute Gasteiger partial charge is 0.337 e. The second-order valence-electron chi connectivity index (χ2n) is 4.40. The molecule has 1 heterocycles. The van der Waals surface area contributed by atoms with Crippen molar-refractivity contribution in [2.45, 2.75) is 11.4 Å². The molecule has 2 amide bonds. The summed E-state index contributed by atoms with van der Waals surface area (Å²) in [7, 11) is 0. The van der Waals surface area contributed by atoms with Crippen molar-refractivity contribution in [2.75, 3.05) is 12.3 Å². The molecule has 0 aliphatic rings. The molecule has 2 rings (SSSR count). The van der Waals surface area contributed by atoms with Crippen molar-refractivity contribution >= 4 is 41.0 Å². The van der Waals surface area contributed by atoms with Crippen LogP contribution in [-0.4, -0.2) is 23.3 Å². The van der Waals surface area contributed by atoms with Gasteiger partial charge in [-0.2, -0.15) is 0 Å². The van der Waals surface area contributed by atoms with Gasteiger partial charge in [-0.05, 0) is 35.9 Å². The highest BCUT2D eigenvalue weighted by molar-refractivity contribution is 7.99. The summed E-state index contributed by atoms with van der Waals surface area (Å²) >= 11 is 13.2. The molecule has 0 radical (unpaired) electrons. The number of amides is 2. The Morgan fingerprint density at radius 3 is 2.55 bits per heavy atom. The highest BCUT2D eigenvalue weighted by Gasteiger charge is 2.01. The first kappa shape index (κ1) is 16.9. The molecular weight excluding hydrogens is 341 g/mol. The van der Waals surface area contributed by atoms with Gasteiger partial charge in [0.2, 0.25) is 0 Å². The molecule has 22 heavy (non-hydrogen) atoms. The van der Waals surface area contributed by atoms with Crippen LogP contribution in [0.2, 0.25) is 10.2 Å². The maximum Gasteiger partial charge on any atom is 0.315 e. The minimum Gasteiger partial charge on any atom is -0.337 e. The lowest BCUT2D eigenvalue weighted by atomic mass is 10.3. The number of nitrogens with one attached hydrogen (secondary N) is 2. The van der Waals surface area contributed by atoms with Crippen LogP contribution in [0.25, 0.3) is 0 Å². The number of benzene rings is 1. The van der Waals surface area contributed by atoms with E-state index in [0.717, 1.165) is 21.2 Å². The summed E-state index contributed by atoms with van der Waals surface area (Å²) in [6, 6.07) is 10.9. The molecule has 0 unspecified atom stereocenters. The van der Waals surface area contributed by atoms with Crippen molar-refractivity contribution in [3.63, 3.8) is 0 Å². The summed E-state index contributed by atoms with van der Waals surface area (Å²) in [6.45, 7) is 0.998. The Morgan fingerprint density at radius 2 is 1.86 bits per heavy atom. The number of carbonyl (C=O) groups excluding carboxylic acids is 1. The zero-order chi connectivity index (χ0) is 15.8. The lowest BCUT2D eigenvalue weighted by Gasteiger charge is -2.07. The van der Waals surface area contributed by atoms with Crippen LogP contribution in [-0.2, 0) is 6.54 Å². The Balaban J connectivity index is 1.61. The van der Waals surface area contributed by atoms with Gasteiger partial charge in [-0.15, -0.1) is 11.8 Å². The SMILES string of the molecule is O=C(NCCSc1ccc(Cl)cc1)NCc1ccc(Cl)nc1. The summed E-state index contributed by atoms with van der Waals surface area (Å²) in [5.74, 6) is 0.789. The molecule has 0 fully saturated rings. The number of pyridine rings is 1.